The van der Waals surface area contributed by atoms with Crippen LogP contribution in [0.5, 0.6) is 0 Å². The molecule has 18 heavy (non-hydrogen) atoms. The number of carbonyl (C=O) groups excluding carboxylic acids is 1. The van der Waals surface area contributed by atoms with Gasteiger partial charge in [0.05, 0.1) is 5.56 Å². The normalized spacial score (nSPS) is 23.4. The third-order valence-corrected chi connectivity index (χ3v) is 4.23. The van der Waals surface area contributed by atoms with Crippen molar-refractivity contribution in [2.45, 2.75) is 45.2 Å². The molecule has 4 nitrogen and oxygen atoms in total. The van der Waals surface area contributed by atoms with Gasteiger partial charge in [0.1, 0.15) is 5.82 Å². The summed E-state index contributed by atoms with van der Waals surface area (Å²) >= 11 is 3.37. The highest BCUT2D eigenvalue weighted by molar-refractivity contribution is 9.10. The smallest absolute Gasteiger partial charge is 0.255 e. The predicted molar refractivity (Wildman–Crippen MR) is 75.3 cm³/mol. The fraction of sp³-hybridized carbons (Fsp3) is 0.538. The van der Waals surface area contributed by atoms with Crippen LogP contribution < -0.4 is 5.73 Å². The van der Waals surface area contributed by atoms with E-state index in [4.69, 9.17) is 5.73 Å². The Labute approximate surface area is 116 Å². The Bertz CT molecular complexity index is 464. The van der Waals surface area contributed by atoms with Crippen molar-refractivity contribution < 1.29 is 4.79 Å². The monoisotopic (exact) mass is 311 g/mol. The molecule has 0 bridgehead atoms. The maximum Gasteiger partial charge on any atom is 0.255 e. The number of nitrogens with two attached hydrogens (primary N) is 1. The molecule has 1 saturated heterocycles. The average Bonchev–Trinajstić information content (AvgIpc) is 2.72. The van der Waals surface area contributed by atoms with Crippen LogP contribution in [-0.2, 0) is 0 Å². The number of hydrogen-bond acceptors (Lipinski definition) is 3. The molecule has 2 N–H and O–H groups in total. The van der Waals surface area contributed by atoms with Crippen LogP contribution in [0.3, 0.4) is 0 Å². The van der Waals surface area contributed by atoms with Crippen LogP contribution in [0, 0.1) is 0 Å². The molecule has 98 valence electrons. The number of amides is 1. The zero-order chi connectivity index (χ0) is 13.3. The van der Waals surface area contributed by atoms with Crippen LogP contribution in [0.25, 0.3) is 0 Å². The summed E-state index contributed by atoms with van der Waals surface area (Å²) in [6.45, 7) is 4.23. The minimum atomic E-state index is 0.0489. The van der Waals surface area contributed by atoms with Gasteiger partial charge in [-0.3, -0.25) is 4.79 Å². The lowest BCUT2D eigenvalue weighted by molar-refractivity contribution is 0.0675. The molecular weight excluding hydrogens is 294 g/mol. The van der Waals surface area contributed by atoms with Gasteiger partial charge in [-0.2, -0.15) is 0 Å². The highest BCUT2D eigenvalue weighted by atomic mass is 79.9. The van der Waals surface area contributed by atoms with Crippen molar-refractivity contribution in [3.05, 3.63) is 22.3 Å². The predicted octanol–water partition coefficient (Wildman–Crippen LogP) is 2.83. The minimum Gasteiger partial charge on any atom is -0.384 e. The number of nitrogen functional groups attached to an aromatic ring is 1. The Morgan fingerprint density at radius 1 is 1.61 bits per heavy atom. The molecule has 2 heterocycles. The average molecular weight is 312 g/mol. The maximum absolute atomic E-state index is 12.6. The van der Waals surface area contributed by atoms with Crippen LogP contribution in [0.15, 0.2) is 16.7 Å². The molecule has 1 fully saturated rings. The second kappa shape index (κ2) is 5.26. The number of nitrogens with zero attached hydrogens (tertiary/aromatic N) is 2. The Hall–Kier alpha value is -1.10. The van der Waals surface area contributed by atoms with Crippen molar-refractivity contribution in [3.8, 4) is 0 Å². The van der Waals surface area contributed by atoms with Gasteiger partial charge in [0.25, 0.3) is 5.91 Å². The van der Waals surface area contributed by atoms with Crippen LogP contribution in [0.1, 0.15) is 43.5 Å². The first-order valence-electron chi connectivity index (χ1n) is 6.28. The van der Waals surface area contributed by atoms with Crippen LogP contribution in [0.4, 0.5) is 5.82 Å². The fourth-order valence-electron chi connectivity index (χ4n) is 2.60. The first kappa shape index (κ1) is 13.3. The standard InChI is InChI=1S/C13H18BrN3O/c1-3-9-5-4-8(2)17(9)13(18)10-6-12(15)16-7-11(10)14/h6-9H,3-5H2,1-2H3,(H2,15,16). The lowest BCUT2D eigenvalue weighted by Crippen LogP contribution is -2.39. The lowest BCUT2D eigenvalue weighted by Gasteiger charge is -2.28. The molecule has 0 saturated carbocycles. The molecule has 0 aliphatic carbocycles. The van der Waals surface area contributed by atoms with E-state index >= 15 is 0 Å². The number of carbonyl (C=O) groups is 1. The van der Waals surface area contributed by atoms with Crippen molar-refractivity contribution in [1.82, 2.24) is 9.88 Å². The van der Waals surface area contributed by atoms with E-state index < -0.39 is 0 Å². The quantitative estimate of drug-likeness (QED) is 0.913. The van der Waals surface area contributed by atoms with Crippen LogP contribution >= 0.6 is 15.9 Å². The van der Waals surface area contributed by atoms with Gasteiger partial charge in [-0.05, 0) is 48.2 Å². The number of rotatable bonds is 2. The van der Waals surface area contributed by atoms with Crippen molar-refractivity contribution in [3.63, 3.8) is 0 Å². The third kappa shape index (κ3) is 2.36. The molecule has 1 aliphatic rings. The molecule has 0 aromatic carbocycles. The van der Waals surface area contributed by atoms with E-state index in [2.05, 4.69) is 34.8 Å². The number of aromatic nitrogens is 1. The zero-order valence-electron chi connectivity index (χ0n) is 10.7. The Morgan fingerprint density at radius 3 is 3.00 bits per heavy atom. The number of hydrogen-bond donors (Lipinski definition) is 1. The molecule has 1 aromatic heterocycles. The summed E-state index contributed by atoms with van der Waals surface area (Å²) in [5.41, 5.74) is 6.27. The number of likely N-dealkylation sites (tertiary alicyclic amines) is 1. The highest BCUT2D eigenvalue weighted by Gasteiger charge is 2.34. The van der Waals surface area contributed by atoms with Gasteiger partial charge in [-0.25, -0.2) is 4.98 Å². The van der Waals surface area contributed by atoms with Crippen LogP contribution in [-0.4, -0.2) is 27.9 Å². The second-order valence-electron chi connectivity index (χ2n) is 4.79. The largest absolute Gasteiger partial charge is 0.384 e. The van der Waals surface area contributed by atoms with Crippen molar-refractivity contribution in [1.29, 1.82) is 0 Å². The molecule has 5 heteroatoms. The number of halogens is 1. The summed E-state index contributed by atoms with van der Waals surface area (Å²) < 4.78 is 0.704. The molecule has 2 rings (SSSR count). The number of anilines is 1. The minimum absolute atomic E-state index is 0.0489. The molecule has 2 unspecified atom stereocenters. The zero-order valence-corrected chi connectivity index (χ0v) is 12.3. The van der Waals surface area contributed by atoms with Gasteiger partial charge in [0.15, 0.2) is 0 Å². The maximum atomic E-state index is 12.6. The summed E-state index contributed by atoms with van der Waals surface area (Å²) in [7, 11) is 0. The first-order valence-corrected chi connectivity index (χ1v) is 7.07. The summed E-state index contributed by atoms with van der Waals surface area (Å²) in [5.74, 6) is 0.425. The van der Waals surface area contributed by atoms with Crippen LogP contribution in [0.2, 0.25) is 0 Å². The Balaban J connectivity index is 2.32. The van der Waals surface area contributed by atoms with E-state index in [9.17, 15) is 4.79 Å². The molecule has 0 radical (unpaired) electrons. The van der Waals surface area contributed by atoms with E-state index in [0.29, 0.717) is 27.9 Å². The molecule has 0 spiro atoms. The molecule has 1 aromatic rings. The second-order valence-corrected chi connectivity index (χ2v) is 5.64. The van der Waals surface area contributed by atoms with Gasteiger partial charge in [-0.15, -0.1) is 0 Å². The van der Waals surface area contributed by atoms with E-state index in [0.717, 1.165) is 19.3 Å². The van der Waals surface area contributed by atoms with Crippen molar-refractivity contribution in [2.75, 3.05) is 5.73 Å². The van der Waals surface area contributed by atoms with Gasteiger partial charge >= 0.3 is 0 Å². The SMILES string of the molecule is CCC1CCC(C)N1C(=O)c1cc(N)ncc1Br. The van der Waals surface area contributed by atoms with E-state index in [1.165, 1.54) is 0 Å². The van der Waals surface area contributed by atoms with Gasteiger partial charge in [-0.1, -0.05) is 6.92 Å². The fourth-order valence-corrected chi connectivity index (χ4v) is 2.98. The molecule has 1 aliphatic heterocycles. The van der Waals surface area contributed by atoms with Gasteiger partial charge in [0.2, 0.25) is 0 Å². The summed E-state index contributed by atoms with van der Waals surface area (Å²) in [6.07, 6.45) is 4.74. The Morgan fingerprint density at radius 2 is 2.33 bits per heavy atom. The van der Waals surface area contributed by atoms with Crippen molar-refractivity contribution in [2.24, 2.45) is 0 Å². The summed E-state index contributed by atoms with van der Waals surface area (Å²) in [5, 5.41) is 0. The van der Waals surface area contributed by atoms with E-state index in [-0.39, 0.29) is 5.91 Å². The topological polar surface area (TPSA) is 59.2 Å². The van der Waals surface area contributed by atoms with Gasteiger partial charge in [0, 0.05) is 22.8 Å². The third-order valence-electron chi connectivity index (χ3n) is 3.60. The van der Waals surface area contributed by atoms with E-state index in [1.807, 2.05) is 4.90 Å². The first-order chi connectivity index (χ1) is 8.54. The summed E-state index contributed by atoms with van der Waals surface area (Å²) in [6, 6.07) is 2.28. The molecular formula is C13H18BrN3O. The number of pyridine rings is 1. The molecule has 2 atom stereocenters. The van der Waals surface area contributed by atoms with Crippen molar-refractivity contribution >= 4 is 27.7 Å². The highest BCUT2D eigenvalue weighted by Crippen LogP contribution is 2.29. The lowest BCUT2D eigenvalue weighted by atomic mass is 10.1. The molecule has 1 amide bonds. The van der Waals surface area contributed by atoms with Gasteiger partial charge < -0.3 is 10.6 Å². The Kier molecular flexibility index (Phi) is 3.90. The van der Waals surface area contributed by atoms with E-state index in [1.54, 1.807) is 12.3 Å². The summed E-state index contributed by atoms with van der Waals surface area (Å²) in [4.78, 5) is 18.6.